The van der Waals surface area contributed by atoms with E-state index in [0.29, 0.717) is 11.1 Å². The maximum absolute atomic E-state index is 13.5. The molecule has 0 radical (unpaired) electrons. The molecule has 1 unspecified atom stereocenters. The number of allylic oxidation sites excluding steroid dienone is 1. The fraction of sp³-hybridized carbons (Fsp3) is 0.333. The summed E-state index contributed by atoms with van der Waals surface area (Å²) in [5.74, 6) is -0.614. The average Bonchev–Trinajstić information content (AvgIpc) is 2.33. The van der Waals surface area contributed by atoms with E-state index >= 15 is 0 Å². The van der Waals surface area contributed by atoms with E-state index in [1.165, 1.54) is 19.1 Å². The first kappa shape index (κ1) is 20.1. The molecule has 1 aromatic rings. The molecule has 0 bridgehead atoms. The number of rotatable bonds is 5. The second-order valence-corrected chi connectivity index (χ2v) is 7.05. The van der Waals surface area contributed by atoms with Crippen LogP contribution in [0.3, 0.4) is 0 Å². The monoisotopic (exact) mass is 472 g/mol. The summed E-state index contributed by atoms with van der Waals surface area (Å²) in [4.78, 5) is 0. The molecule has 0 saturated carbocycles. The molecule has 0 aromatic heterocycles. The van der Waals surface area contributed by atoms with Gasteiger partial charge in [-0.05, 0) is 46.7 Å². The lowest BCUT2D eigenvalue weighted by Gasteiger charge is -2.27. The molecular formula is C12H10F5IO4S. The molecule has 11 heteroatoms. The van der Waals surface area contributed by atoms with Crippen LogP contribution in [0.1, 0.15) is 12.5 Å². The second kappa shape index (κ2) is 6.51. The van der Waals surface area contributed by atoms with Crippen molar-refractivity contribution in [1.29, 1.82) is 0 Å². The first-order chi connectivity index (χ1) is 10.2. The minimum Gasteiger partial charge on any atom is -0.472 e. The average molecular weight is 472 g/mol. The molecule has 1 aromatic carbocycles. The predicted molar refractivity (Wildman–Crippen MR) is 80.8 cm³/mol. The zero-order chi connectivity index (χ0) is 18.2. The molecule has 0 aliphatic rings. The summed E-state index contributed by atoms with van der Waals surface area (Å²) in [6.45, 7) is 5.11. The smallest absolute Gasteiger partial charge is 0.432 e. The summed E-state index contributed by atoms with van der Waals surface area (Å²) in [6.07, 6.45) is -9.82. The zero-order valence-corrected chi connectivity index (χ0v) is 14.3. The molecule has 0 aliphatic heterocycles. The number of halogens is 6. The molecule has 1 N–H and O–H groups in total. The Morgan fingerprint density at radius 2 is 1.83 bits per heavy atom. The van der Waals surface area contributed by atoms with Gasteiger partial charge < -0.3 is 4.74 Å². The first-order valence-electron chi connectivity index (χ1n) is 5.72. The Bertz CT molecular complexity index is 715. The van der Waals surface area contributed by atoms with Crippen LogP contribution in [0.2, 0.25) is 0 Å². The van der Waals surface area contributed by atoms with E-state index in [4.69, 9.17) is 4.55 Å². The summed E-state index contributed by atoms with van der Waals surface area (Å²) in [6, 6.07) is 3.67. The van der Waals surface area contributed by atoms with Crippen LogP contribution in [0, 0.1) is 3.57 Å². The Morgan fingerprint density at radius 3 is 2.22 bits per heavy atom. The van der Waals surface area contributed by atoms with E-state index in [-0.39, 0.29) is 3.57 Å². The van der Waals surface area contributed by atoms with Crippen molar-refractivity contribution in [2.45, 2.75) is 24.5 Å². The maximum Gasteiger partial charge on any atom is 0.432 e. The van der Waals surface area contributed by atoms with Crippen molar-refractivity contribution in [3.05, 3.63) is 33.9 Å². The standard InChI is InChI=1S/C12H10F5IO4S/c1-6(2)7-4-3-5-8(9(7)18)22-10(11(13,14)15)12(16,17)23(19,20)21/h3-5,10H,1H2,2H3,(H,19,20,21). The molecule has 0 amide bonds. The quantitative estimate of drug-likeness (QED) is 0.398. The summed E-state index contributed by atoms with van der Waals surface area (Å²) >= 11 is 1.56. The molecule has 0 spiro atoms. The predicted octanol–water partition coefficient (Wildman–Crippen LogP) is 4.11. The first-order valence-corrected chi connectivity index (χ1v) is 8.24. The van der Waals surface area contributed by atoms with Crippen LogP contribution in [-0.4, -0.2) is 30.5 Å². The van der Waals surface area contributed by atoms with E-state index < -0.39 is 33.4 Å². The fourth-order valence-electron chi connectivity index (χ4n) is 1.52. The molecule has 4 nitrogen and oxygen atoms in total. The molecular weight excluding hydrogens is 462 g/mol. The van der Waals surface area contributed by atoms with Crippen LogP contribution >= 0.6 is 22.6 Å². The Balaban J connectivity index is 3.41. The van der Waals surface area contributed by atoms with Crippen LogP contribution in [0.5, 0.6) is 5.75 Å². The van der Waals surface area contributed by atoms with E-state index in [0.717, 1.165) is 6.07 Å². The number of hydrogen-bond acceptors (Lipinski definition) is 3. The number of hydrogen-bond donors (Lipinski definition) is 1. The molecule has 23 heavy (non-hydrogen) atoms. The molecule has 0 heterocycles. The Hall–Kier alpha value is -0.950. The lowest BCUT2D eigenvalue weighted by Crippen LogP contribution is -2.53. The number of ether oxygens (including phenoxy) is 1. The van der Waals surface area contributed by atoms with Gasteiger partial charge in [0.2, 0.25) is 0 Å². The van der Waals surface area contributed by atoms with Crippen LogP contribution < -0.4 is 4.74 Å². The maximum atomic E-state index is 13.5. The van der Waals surface area contributed by atoms with Crippen molar-refractivity contribution in [2.24, 2.45) is 0 Å². The highest BCUT2D eigenvalue weighted by Crippen LogP contribution is 2.40. The van der Waals surface area contributed by atoms with Gasteiger partial charge in [-0.15, -0.1) is 0 Å². The van der Waals surface area contributed by atoms with Gasteiger partial charge >= 0.3 is 21.5 Å². The van der Waals surface area contributed by atoms with Crippen molar-refractivity contribution in [3.8, 4) is 5.75 Å². The van der Waals surface area contributed by atoms with E-state index in [2.05, 4.69) is 11.3 Å². The minimum atomic E-state index is -6.34. The van der Waals surface area contributed by atoms with Crippen molar-refractivity contribution in [1.82, 2.24) is 0 Å². The molecule has 0 saturated heterocycles. The van der Waals surface area contributed by atoms with Crippen molar-refractivity contribution in [2.75, 3.05) is 0 Å². The molecule has 1 rings (SSSR count). The Kier molecular flexibility index (Phi) is 5.69. The second-order valence-electron chi connectivity index (χ2n) is 4.47. The van der Waals surface area contributed by atoms with Gasteiger partial charge in [-0.2, -0.15) is 30.4 Å². The van der Waals surface area contributed by atoms with Crippen LogP contribution in [0.25, 0.3) is 5.57 Å². The summed E-state index contributed by atoms with van der Waals surface area (Å²) in [5.41, 5.74) is 0.782. The summed E-state index contributed by atoms with van der Waals surface area (Å²) < 4.78 is 99.3. The number of alkyl halides is 5. The number of benzene rings is 1. The van der Waals surface area contributed by atoms with Crippen molar-refractivity contribution in [3.63, 3.8) is 0 Å². The molecule has 0 aliphatic carbocycles. The minimum absolute atomic E-state index is 0.0398. The Morgan fingerprint density at radius 1 is 1.30 bits per heavy atom. The van der Waals surface area contributed by atoms with Gasteiger partial charge in [0.05, 0.1) is 3.57 Å². The van der Waals surface area contributed by atoms with E-state index in [1.54, 1.807) is 22.6 Å². The van der Waals surface area contributed by atoms with Crippen molar-refractivity contribution < 1.29 is 39.7 Å². The van der Waals surface area contributed by atoms with Gasteiger partial charge in [0.25, 0.3) is 6.10 Å². The highest BCUT2D eigenvalue weighted by atomic mass is 127. The van der Waals surface area contributed by atoms with E-state index in [9.17, 15) is 30.4 Å². The largest absolute Gasteiger partial charge is 0.472 e. The molecule has 0 fully saturated rings. The van der Waals surface area contributed by atoms with E-state index in [1.807, 2.05) is 0 Å². The van der Waals surface area contributed by atoms with Gasteiger partial charge in [-0.25, -0.2) is 0 Å². The topological polar surface area (TPSA) is 63.6 Å². The third-order valence-corrected chi connectivity index (χ3v) is 4.63. The SMILES string of the molecule is C=C(C)c1cccc(OC(C(F)(F)F)C(F)(F)S(=O)(=O)O)c1I. The Labute approximate surface area is 142 Å². The van der Waals surface area contributed by atoms with Gasteiger partial charge in [0.1, 0.15) is 5.75 Å². The normalized spacial score (nSPS) is 14.4. The summed E-state index contributed by atoms with van der Waals surface area (Å²) in [7, 11) is -6.34. The lowest BCUT2D eigenvalue weighted by atomic mass is 10.1. The van der Waals surface area contributed by atoms with Crippen LogP contribution in [0.4, 0.5) is 22.0 Å². The third-order valence-electron chi connectivity index (χ3n) is 2.61. The molecule has 130 valence electrons. The third kappa shape index (κ3) is 4.32. The molecule has 1 atom stereocenters. The highest BCUT2D eigenvalue weighted by molar-refractivity contribution is 14.1. The fourth-order valence-corrected chi connectivity index (χ4v) is 2.92. The van der Waals surface area contributed by atoms with Crippen LogP contribution in [-0.2, 0) is 10.1 Å². The summed E-state index contributed by atoms with van der Waals surface area (Å²) in [5, 5.41) is -5.58. The van der Waals surface area contributed by atoms with Gasteiger partial charge in [-0.1, -0.05) is 18.7 Å². The van der Waals surface area contributed by atoms with Gasteiger partial charge in [0, 0.05) is 0 Å². The van der Waals surface area contributed by atoms with Crippen LogP contribution in [0.15, 0.2) is 24.8 Å². The van der Waals surface area contributed by atoms with Gasteiger partial charge in [-0.3, -0.25) is 4.55 Å². The van der Waals surface area contributed by atoms with Gasteiger partial charge in [0.15, 0.2) is 0 Å². The zero-order valence-electron chi connectivity index (χ0n) is 11.4. The van der Waals surface area contributed by atoms with Crippen molar-refractivity contribution >= 4 is 38.3 Å². The highest BCUT2D eigenvalue weighted by Gasteiger charge is 2.65. The lowest BCUT2D eigenvalue weighted by molar-refractivity contribution is -0.239.